The Bertz CT molecular complexity index is 685. The third-order valence-electron chi connectivity index (χ3n) is 2.44. The minimum Gasteiger partial charge on any atom is -0.354 e. The van der Waals surface area contributed by atoms with Gasteiger partial charge in [0.05, 0.1) is 5.75 Å². The molecule has 0 spiro atoms. The van der Waals surface area contributed by atoms with E-state index in [0.29, 0.717) is 18.9 Å². The first-order valence-corrected chi connectivity index (χ1v) is 8.18. The molecule has 0 fully saturated rings. The number of nitrogens with two attached hydrogens (primary N) is 1. The van der Waals surface area contributed by atoms with Crippen LogP contribution in [0.4, 0.5) is 11.9 Å². The van der Waals surface area contributed by atoms with Gasteiger partial charge in [-0.2, -0.15) is 20.1 Å². The molecule has 10 nitrogen and oxygen atoms in total. The second kappa shape index (κ2) is 6.45. The first kappa shape index (κ1) is 15.1. The van der Waals surface area contributed by atoms with Crippen molar-refractivity contribution in [1.82, 2.24) is 24.7 Å². The molecule has 0 bridgehead atoms. The van der Waals surface area contributed by atoms with Crippen LogP contribution in [0.25, 0.3) is 5.95 Å². The number of rotatable bonds is 7. The number of nitrogen functional groups attached to an aromatic ring is 1. The van der Waals surface area contributed by atoms with Crippen LogP contribution in [0.3, 0.4) is 0 Å². The molecule has 2 aromatic rings. The highest BCUT2D eigenvalue weighted by molar-refractivity contribution is 7.90. The lowest BCUT2D eigenvalue weighted by Crippen LogP contribution is -2.17. The molecule has 11 heteroatoms. The zero-order valence-electron chi connectivity index (χ0n) is 11.4. The van der Waals surface area contributed by atoms with Gasteiger partial charge in [-0.3, -0.25) is 5.43 Å². The van der Waals surface area contributed by atoms with Crippen molar-refractivity contribution < 1.29 is 8.42 Å². The van der Waals surface area contributed by atoms with Crippen LogP contribution in [0.5, 0.6) is 0 Å². The molecule has 0 aliphatic rings. The Morgan fingerprint density at radius 2 is 2.05 bits per heavy atom. The zero-order chi connectivity index (χ0) is 15.3. The normalized spacial score (nSPS) is 11.3. The molecule has 0 radical (unpaired) electrons. The lowest BCUT2D eigenvalue weighted by atomic mass is 10.5. The van der Waals surface area contributed by atoms with Crippen molar-refractivity contribution in [3.8, 4) is 5.95 Å². The Balaban J connectivity index is 2.07. The fourth-order valence-corrected chi connectivity index (χ4v) is 2.20. The van der Waals surface area contributed by atoms with Gasteiger partial charge in [-0.25, -0.2) is 18.9 Å². The van der Waals surface area contributed by atoms with Gasteiger partial charge in [0.1, 0.15) is 9.84 Å². The van der Waals surface area contributed by atoms with E-state index in [4.69, 9.17) is 5.84 Å². The lowest BCUT2D eigenvalue weighted by Gasteiger charge is -2.08. The van der Waals surface area contributed by atoms with E-state index >= 15 is 0 Å². The molecule has 2 heterocycles. The van der Waals surface area contributed by atoms with Gasteiger partial charge >= 0.3 is 0 Å². The molecule has 21 heavy (non-hydrogen) atoms. The van der Waals surface area contributed by atoms with E-state index < -0.39 is 9.84 Å². The van der Waals surface area contributed by atoms with Crippen molar-refractivity contribution in [1.29, 1.82) is 0 Å². The van der Waals surface area contributed by atoms with Crippen molar-refractivity contribution in [3.05, 3.63) is 18.5 Å². The molecule has 0 atom stereocenters. The van der Waals surface area contributed by atoms with Crippen LogP contribution in [0, 0.1) is 0 Å². The predicted molar refractivity (Wildman–Crippen MR) is 77.6 cm³/mol. The summed E-state index contributed by atoms with van der Waals surface area (Å²) in [6.07, 6.45) is 4.93. The summed E-state index contributed by atoms with van der Waals surface area (Å²) in [5.74, 6) is 6.18. The highest BCUT2D eigenvalue weighted by Gasteiger charge is 2.08. The van der Waals surface area contributed by atoms with Gasteiger partial charge in [0, 0.05) is 25.2 Å². The van der Waals surface area contributed by atoms with E-state index in [2.05, 4.69) is 30.8 Å². The fraction of sp³-hybridized carbons (Fsp3) is 0.400. The Kier molecular flexibility index (Phi) is 4.65. The maximum absolute atomic E-state index is 11.0. The standard InChI is InChI=1S/C10H16N8O2S/c1-21(19,20)7-3-4-12-8-14-9(17-11)16-10(15-8)18-6-2-5-13-18/h2,5-6H,3-4,7,11H2,1H3,(H2,12,14,15,16,17). The summed E-state index contributed by atoms with van der Waals surface area (Å²) < 4.78 is 23.6. The largest absolute Gasteiger partial charge is 0.354 e. The molecule has 114 valence electrons. The maximum Gasteiger partial charge on any atom is 0.257 e. The van der Waals surface area contributed by atoms with E-state index in [1.807, 2.05) is 0 Å². The monoisotopic (exact) mass is 312 g/mol. The summed E-state index contributed by atoms with van der Waals surface area (Å²) in [5.41, 5.74) is 2.35. The number of nitrogens with zero attached hydrogens (tertiary/aromatic N) is 5. The first-order valence-electron chi connectivity index (χ1n) is 6.12. The Hall–Kier alpha value is -2.27. The SMILES string of the molecule is CS(=O)(=O)CCCNc1nc(NN)nc(-n2cccn2)n1. The highest BCUT2D eigenvalue weighted by Crippen LogP contribution is 2.07. The van der Waals surface area contributed by atoms with Crippen LogP contribution in [0.15, 0.2) is 18.5 Å². The summed E-state index contributed by atoms with van der Waals surface area (Å²) in [6, 6.07) is 1.73. The van der Waals surface area contributed by atoms with Crippen LogP contribution < -0.4 is 16.6 Å². The number of hydrazine groups is 1. The molecule has 0 saturated carbocycles. The molecular formula is C10H16N8O2S. The predicted octanol–water partition coefficient (Wildman–Crippen LogP) is -0.810. The third-order valence-corrected chi connectivity index (χ3v) is 3.47. The van der Waals surface area contributed by atoms with Crippen LogP contribution in [0.2, 0.25) is 0 Å². The summed E-state index contributed by atoms with van der Waals surface area (Å²) in [4.78, 5) is 12.3. The molecule has 2 aromatic heterocycles. The molecule has 2 rings (SSSR count). The smallest absolute Gasteiger partial charge is 0.257 e. The van der Waals surface area contributed by atoms with Crippen molar-refractivity contribution in [2.24, 2.45) is 5.84 Å². The van der Waals surface area contributed by atoms with Gasteiger partial charge in [-0.1, -0.05) is 0 Å². The second-order valence-electron chi connectivity index (χ2n) is 4.29. The topological polar surface area (TPSA) is 141 Å². The van der Waals surface area contributed by atoms with E-state index in [1.54, 1.807) is 18.5 Å². The van der Waals surface area contributed by atoms with E-state index in [-0.39, 0.29) is 17.6 Å². The van der Waals surface area contributed by atoms with Crippen molar-refractivity contribution in [3.63, 3.8) is 0 Å². The molecule has 0 aliphatic heterocycles. The van der Waals surface area contributed by atoms with Gasteiger partial charge in [-0.15, -0.1) is 0 Å². The average Bonchev–Trinajstić information content (AvgIpc) is 2.96. The van der Waals surface area contributed by atoms with Gasteiger partial charge in [0.25, 0.3) is 5.95 Å². The minimum absolute atomic E-state index is 0.0963. The van der Waals surface area contributed by atoms with Crippen LogP contribution >= 0.6 is 0 Å². The summed E-state index contributed by atoms with van der Waals surface area (Å²) in [6.45, 7) is 0.416. The number of hydrogen-bond donors (Lipinski definition) is 3. The van der Waals surface area contributed by atoms with Crippen molar-refractivity contribution >= 4 is 21.7 Å². The van der Waals surface area contributed by atoms with Crippen LogP contribution in [0.1, 0.15) is 6.42 Å². The van der Waals surface area contributed by atoms with Gasteiger partial charge in [0.2, 0.25) is 11.9 Å². The fourth-order valence-electron chi connectivity index (χ4n) is 1.53. The van der Waals surface area contributed by atoms with E-state index in [0.717, 1.165) is 0 Å². The Labute approximate surface area is 121 Å². The quantitative estimate of drug-likeness (QED) is 0.340. The first-order chi connectivity index (χ1) is 9.98. The molecule has 0 aromatic carbocycles. The third kappa shape index (κ3) is 4.65. The molecule has 0 unspecified atom stereocenters. The van der Waals surface area contributed by atoms with Crippen molar-refractivity contribution in [2.75, 3.05) is 29.3 Å². The molecule has 0 aliphatic carbocycles. The number of sulfone groups is 1. The average molecular weight is 312 g/mol. The van der Waals surface area contributed by atoms with E-state index in [9.17, 15) is 8.42 Å². The summed E-state index contributed by atoms with van der Waals surface area (Å²) >= 11 is 0. The van der Waals surface area contributed by atoms with E-state index in [1.165, 1.54) is 10.9 Å². The lowest BCUT2D eigenvalue weighted by molar-refractivity contribution is 0.600. The number of nitrogens with one attached hydrogen (secondary N) is 2. The second-order valence-corrected chi connectivity index (χ2v) is 6.55. The molecule has 0 amide bonds. The van der Waals surface area contributed by atoms with Crippen molar-refractivity contribution in [2.45, 2.75) is 6.42 Å². The van der Waals surface area contributed by atoms with Crippen LogP contribution in [-0.2, 0) is 9.84 Å². The zero-order valence-corrected chi connectivity index (χ0v) is 12.2. The van der Waals surface area contributed by atoms with Crippen LogP contribution in [-0.4, -0.2) is 51.7 Å². The summed E-state index contributed by atoms with van der Waals surface area (Å²) in [5, 5.41) is 6.95. The number of anilines is 2. The molecule has 4 N–H and O–H groups in total. The Morgan fingerprint density at radius 3 is 2.67 bits per heavy atom. The minimum atomic E-state index is -2.97. The van der Waals surface area contributed by atoms with Gasteiger partial charge in [-0.05, 0) is 12.5 Å². The highest BCUT2D eigenvalue weighted by atomic mass is 32.2. The maximum atomic E-state index is 11.0. The van der Waals surface area contributed by atoms with Gasteiger partial charge in [0.15, 0.2) is 0 Å². The number of aromatic nitrogens is 5. The number of hydrogen-bond acceptors (Lipinski definition) is 9. The molecule has 0 saturated heterocycles. The molecular weight excluding hydrogens is 296 g/mol. The summed E-state index contributed by atoms with van der Waals surface area (Å²) in [7, 11) is -2.97. The Morgan fingerprint density at radius 1 is 1.29 bits per heavy atom. The van der Waals surface area contributed by atoms with Gasteiger partial charge < -0.3 is 5.32 Å².